The summed E-state index contributed by atoms with van der Waals surface area (Å²) < 4.78 is 31.9. The molecule has 31 heavy (non-hydrogen) atoms. The zero-order valence-corrected chi connectivity index (χ0v) is 17.4. The quantitative estimate of drug-likeness (QED) is 0.539. The smallest absolute Gasteiger partial charge is 0.322 e. The Hall–Kier alpha value is -3.37. The highest BCUT2D eigenvalue weighted by molar-refractivity contribution is 7.09. The van der Waals surface area contributed by atoms with Gasteiger partial charge in [-0.1, -0.05) is 12.1 Å². The highest BCUT2D eigenvalue weighted by atomic mass is 32.1. The summed E-state index contributed by atoms with van der Waals surface area (Å²) in [7, 11) is 1.51. The van der Waals surface area contributed by atoms with Gasteiger partial charge in [0.05, 0.1) is 18.8 Å². The van der Waals surface area contributed by atoms with Crippen molar-refractivity contribution < 1.29 is 23.1 Å². The average molecular weight is 446 g/mol. The number of aromatic nitrogens is 1. The number of para-hydroxylation sites is 1. The fourth-order valence-corrected chi connectivity index (χ4v) is 3.38. The van der Waals surface area contributed by atoms with Crippen molar-refractivity contribution in [2.24, 2.45) is 0 Å². The van der Waals surface area contributed by atoms with E-state index in [-0.39, 0.29) is 31.1 Å². The molecule has 10 heteroatoms. The first-order chi connectivity index (χ1) is 15.0. The lowest BCUT2D eigenvalue weighted by Crippen LogP contribution is -2.37. The van der Waals surface area contributed by atoms with Crippen LogP contribution in [-0.4, -0.2) is 42.1 Å². The number of hydrogen-bond acceptors (Lipinski definition) is 5. The molecular weight excluding hydrogens is 426 g/mol. The normalized spacial score (nSPS) is 10.5. The van der Waals surface area contributed by atoms with Crippen LogP contribution in [0.1, 0.15) is 15.5 Å². The van der Waals surface area contributed by atoms with Crippen LogP contribution in [0.3, 0.4) is 0 Å². The molecule has 3 rings (SSSR count). The minimum absolute atomic E-state index is 0.0634. The number of urea groups is 1. The Morgan fingerprint density at radius 2 is 1.84 bits per heavy atom. The molecule has 0 saturated carbocycles. The molecule has 0 unspecified atom stereocenters. The maximum Gasteiger partial charge on any atom is 0.322 e. The standard InChI is InChI=1S/C21H20F2N4O3S/c1-30-11-10-27(21(29)26-17-5-3-2-4-16(17)23)12-19-25-18(13-31-19)20(28)24-15-8-6-14(22)7-9-15/h2-9,13H,10-12H2,1H3,(H,24,28)(H,26,29). The van der Waals surface area contributed by atoms with Crippen LogP contribution >= 0.6 is 11.3 Å². The molecule has 0 aliphatic rings. The second-order valence-corrected chi connectivity index (χ2v) is 7.35. The highest BCUT2D eigenvalue weighted by Gasteiger charge is 2.19. The molecule has 3 aromatic rings. The van der Waals surface area contributed by atoms with Gasteiger partial charge in [0.1, 0.15) is 22.3 Å². The van der Waals surface area contributed by atoms with Gasteiger partial charge in [0.2, 0.25) is 0 Å². The number of rotatable bonds is 8. The Kier molecular flexibility index (Phi) is 7.63. The van der Waals surface area contributed by atoms with E-state index in [1.165, 1.54) is 65.8 Å². The van der Waals surface area contributed by atoms with Crippen LogP contribution in [-0.2, 0) is 11.3 Å². The van der Waals surface area contributed by atoms with Crippen LogP contribution in [0, 0.1) is 11.6 Å². The third-order valence-electron chi connectivity index (χ3n) is 4.18. The van der Waals surface area contributed by atoms with Gasteiger partial charge in [-0.05, 0) is 36.4 Å². The second kappa shape index (κ2) is 10.6. The largest absolute Gasteiger partial charge is 0.383 e. The van der Waals surface area contributed by atoms with Crippen molar-refractivity contribution in [3.05, 3.63) is 76.2 Å². The maximum absolute atomic E-state index is 13.9. The zero-order chi connectivity index (χ0) is 22.2. The summed E-state index contributed by atoms with van der Waals surface area (Å²) in [6.07, 6.45) is 0. The van der Waals surface area contributed by atoms with Crippen LogP contribution in [0.4, 0.5) is 25.0 Å². The summed E-state index contributed by atoms with van der Waals surface area (Å²) in [5.74, 6) is -1.40. The lowest BCUT2D eigenvalue weighted by molar-refractivity contribution is 0.102. The monoisotopic (exact) mass is 446 g/mol. The van der Waals surface area contributed by atoms with E-state index >= 15 is 0 Å². The van der Waals surface area contributed by atoms with Crippen molar-refractivity contribution in [2.75, 3.05) is 30.9 Å². The van der Waals surface area contributed by atoms with Crippen molar-refractivity contribution >= 4 is 34.6 Å². The number of nitrogens with zero attached hydrogens (tertiary/aromatic N) is 2. The van der Waals surface area contributed by atoms with E-state index in [1.807, 2.05) is 0 Å². The minimum atomic E-state index is -0.545. The Balaban J connectivity index is 1.66. The number of amides is 3. The van der Waals surface area contributed by atoms with Gasteiger partial charge in [0.15, 0.2) is 0 Å². The third kappa shape index (κ3) is 6.30. The van der Waals surface area contributed by atoms with E-state index in [2.05, 4.69) is 15.6 Å². The molecule has 0 spiro atoms. The third-order valence-corrected chi connectivity index (χ3v) is 5.01. The Bertz CT molecular complexity index is 1040. The van der Waals surface area contributed by atoms with E-state index < -0.39 is 23.6 Å². The molecule has 0 fully saturated rings. The lowest BCUT2D eigenvalue weighted by atomic mass is 10.3. The van der Waals surface area contributed by atoms with Crippen LogP contribution in [0.15, 0.2) is 53.9 Å². The van der Waals surface area contributed by atoms with Gasteiger partial charge in [0, 0.05) is 24.7 Å². The van der Waals surface area contributed by atoms with Crippen molar-refractivity contribution in [3.63, 3.8) is 0 Å². The Labute approximate surface area is 181 Å². The number of halogens is 2. The van der Waals surface area contributed by atoms with Crippen molar-refractivity contribution in [1.82, 2.24) is 9.88 Å². The molecule has 0 aliphatic heterocycles. The number of ether oxygens (including phenoxy) is 1. The topological polar surface area (TPSA) is 83.6 Å². The number of carbonyl (C=O) groups is 2. The molecule has 0 aliphatic carbocycles. The fraction of sp³-hybridized carbons (Fsp3) is 0.190. The number of thiazole rings is 1. The Morgan fingerprint density at radius 1 is 1.10 bits per heavy atom. The minimum Gasteiger partial charge on any atom is -0.383 e. The summed E-state index contributed by atoms with van der Waals surface area (Å²) in [6.45, 7) is 0.625. The number of carbonyl (C=O) groups excluding carboxylic acids is 2. The molecular formula is C21H20F2N4O3S. The molecule has 0 atom stereocenters. The number of anilines is 2. The summed E-state index contributed by atoms with van der Waals surface area (Å²) in [5.41, 5.74) is 0.672. The molecule has 0 radical (unpaired) electrons. The number of nitrogens with one attached hydrogen (secondary N) is 2. The molecule has 2 N–H and O–H groups in total. The van der Waals surface area contributed by atoms with Crippen molar-refractivity contribution in [1.29, 1.82) is 0 Å². The number of benzene rings is 2. The fourth-order valence-electron chi connectivity index (χ4n) is 2.59. The van der Waals surface area contributed by atoms with Crippen molar-refractivity contribution in [3.8, 4) is 0 Å². The second-order valence-electron chi connectivity index (χ2n) is 6.41. The molecule has 0 saturated heterocycles. The summed E-state index contributed by atoms with van der Waals surface area (Å²) in [5, 5.41) is 7.25. The number of methoxy groups -OCH3 is 1. The van der Waals surface area contributed by atoms with Crippen LogP contribution in [0.2, 0.25) is 0 Å². The van der Waals surface area contributed by atoms with Crippen LogP contribution in [0.25, 0.3) is 0 Å². The number of hydrogen-bond donors (Lipinski definition) is 2. The van der Waals surface area contributed by atoms with E-state index in [9.17, 15) is 18.4 Å². The molecule has 3 amide bonds. The van der Waals surface area contributed by atoms with Gasteiger partial charge in [0.25, 0.3) is 5.91 Å². The lowest BCUT2D eigenvalue weighted by Gasteiger charge is -2.22. The van der Waals surface area contributed by atoms with Gasteiger partial charge in [-0.3, -0.25) is 4.79 Å². The molecule has 2 aromatic carbocycles. The molecule has 0 bridgehead atoms. The predicted octanol–water partition coefficient (Wildman–Crippen LogP) is 4.35. The molecule has 1 heterocycles. The maximum atomic E-state index is 13.9. The summed E-state index contributed by atoms with van der Waals surface area (Å²) in [6, 6.07) is 10.7. The first kappa shape index (κ1) is 22.3. The van der Waals surface area contributed by atoms with Gasteiger partial charge in [-0.2, -0.15) is 0 Å². The van der Waals surface area contributed by atoms with E-state index in [0.29, 0.717) is 10.7 Å². The van der Waals surface area contributed by atoms with Gasteiger partial charge in [-0.15, -0.1) is 11.3 Å². The molecule has 162 valence electrons. The van der Waals surface area contributed by atoms with Gasteiger partial charge >= 0.3 is 6.03 Å². The van der Waals surface area contributed by atoms with Crippen molar-refractivity contribution in [2.45, 2.75) is 6.54 Å². The highest BCUT2D eigenvalue weighted by Crippen LogP contribution is 2.17. The molecule has 7 nitrogen and oxygen atoms in total. The van der Waals surface area contributed by atoms with Gasteiger partial charge < -0.3 is 20.3 Å². The van der Waals surface area contributed by atoms with Gasteiger partial charge in [-0.25, -0.2) is 18.6 Å². The van der Waals surface area contributed by atoms with E-state index in [4.69, 9.17) is 4.74 Å². The average Bonchev–Trinajstić information content (AvgIpc) is 3.23. The first-order valence-corrected chi connectivity index (χ1v) is 10.1. The summed E-state index contributed by atoms with van der Waals surface area (Å²) >= 11 is 1.21. The molecule has 1 aromatic heterocycles. The first-order valence-electron chi connectivity index (χ1n) is 9.27. The van der Waals surface area contributed by atoms with E-state index in [1.54, 1.807) is 11.4 Å². The SMILES string of the molecule is COCCN(Cc1nc(C(=O)Nc2ccc(F)cc2)cs1)C(=O)Nc1ccccc1F. The predicted molar refractivity (Wildman–Crippen MR) is 114 cm³/mol. The van der Waals surface area contributed by atoms with Crippen LogP contribution in [0.5, 0.6) is 0 Å². The summed E-state index contributed by atoms with van der Waals surface area (Å²) in [4.78, 5) is 30.7. The zero-order valence-electron chi connectivity index (χ0n) is 16.6. The van der Waals surface area contributed by atoms with Crippen LogP contribution < -0.4 is 10.6 Å². The van der Waals surface area contributed by atoms with E-state index in [0.717, 1.165) is 0 Å². The Morgan fingerprint density at radius 3 is 2.55 bits per heavy atom.